The summed E-state index contributed by atoms with van der Waals surface area (Å²) in [5.74, 6) is 2.65. The minimum absolute atomic E-state index is 0.000169. The maximum atomic E-state index is 13.1. The van der Waals surface area contributed by atoms with Gasteiger partial charge in [-0.2, -0.15) is 9.97 Å². The summed E-state index contributed by atoms with van der Waals surface area (Å²) < 4.78 is 19.5. The van der Waals surface area contributed by atoms with Crippen LogP contribution >= 0.6 is 0 Å². The number of aromatic amines is 1. The van der Waals surface area contributed by atoms with Crippen molar-refractivity contribution in [1.29, 1.82) is 0 Å². The molecule has 2 aromatic carbocycles. The van der Waals surface area contributed by atoms with Crippen LogP contribution in [0.1, 0.15) is 56.4 Å². The molecule has 0 radical (unpaired) electrons. The highest BCUT2D eigenvalue weighted by Gasteiger charge is 2.34. The standard InChI is InChI=1S/C31H38N6O2S/c1-18(2)40(38)28-10-8-7-9-25(28)33-30-24-16-20(4)32-29(24)34-31(35-30)37-21(5)39-27-17-23(19(3)15-26(27)37)22-11-13-36(6)14-12-22/h7-10,15-18,21-22H,11-14H2,1-6H3,(H2,32,33,34,35). The second kappa shape index (κ2) is 10.5. The second-order valence-corrected chi connectivity index (χ2v) is 13.4. The maximum absolute atomic E-state index is 13.1. The van der Waals surface area contributed by atoms with Crippen molar-refractivity contribution >= 4 is 45.0 Å². The number of rotatable bonds is 6. The lowest BCUT2D eigenvalue weighted by Crippen LogP contribution is -2.29. The lowest BCUT2D eigenvalue weighted by atomic mass is 9.86. The molecule has 0 amide bonds. The first-order valence-corrected chi connectivity index (χ1v) is 15.3. The van der Waals surface area contributed by atoms with Gasteiger partial charge in [-0.25, -0.2) is 0 Å². The molecule has 210 valence electrons. The molecule has 4 aromatic rings. The van der Waals surface area contributed by atoms with Crippen LogP contribution in [-0.2, 0) is 10.8 Å². The van der Waals surface area contributed by atoms with Crippen molar-refractivity contribution < 1.29 is 8.95 Å². The van der Waals surface area contributed by atoms with Crippen molar-refractivity contribution in [2.24, 2.45) is 0 Å². The Morgan fingerprint density at radius 3 is 2.60 bits per heavy atom. The summed E-state index contributed by atoms with van der Waals surface area (Å²) in [6.07, 6.45) is 2.07. The number of fused-ring (bicyclic) bond motifs is 2. The zero-order valence-electron chi connectivity index (χ0n) is 24.1. The molecule has 2 unspecified atom stereocenters. The molecule has 4 heterocycles. The van der Waals surface area contributed by atoms with Gasteiger partial charge < -0.3 is 19.9 Å². The lowest BCUT2D eigenvalue weighted by molar-refractivity contribution is 0.249. The third-order valence-electron chi connectivity index (χ3n) is 8.04. The molecule has 0 spiro atoms. The largest absolute Gasteiger partial charge is 0.468 e. The van der Waals surface area contributed by atoms with Crippen molar-refractivity contribution in [3.05, 3.63) is 59.3 Å². The first-order valence-electron chi connectivity index (χ1n) is 14.1. The van der Waals surface area contributed by atoms with Crippen molar-refractivity contribution in [3.8, 4) is 5.75 Å². The normalized spacial score (nSPS) is 18.8. The van der Waals surface area contributed by atoms with Gasteiger partial charge >= 0.3 is 0 Å². The number of aromatic nitrogens is 3. The van der Waals surface area contributed by atoms with E-state index < -0.39 is 10.8 Å². The fraction of sp³-hybridized carbons (Fsp3) is 0.419. The molecule has 0 aliphatic carbocycles. The number of benzene rings is 2. The number of hydrogen-bond donors (Lipinski definition) is 2. The zero-order chi connectivity index (χ0) is 28.1. The Labute approximate surface area is 238 Å². The number of ether oxygens (including phenoxy) is 1. The van der Waals surface area contributed by atoms with E-state index in [1.165, 1.54) is 24.0 Å². The van der Waals surface area contributed by atoms with Gasteiger partial charge in [0.1, 0.15) is 17.2 Å². The molecule has 0 bridgehead atoms. The number of anilines is 4. The number of nitrogens with one attached hydrogen (secondary N) is 2. The first kappa shape index (κ1) is 26.8. The highest BCUT2D eigenvalue weighted by Crippen LogP contribution is 2.45. The minimum atomic E-state index is -1.15. The molecule has 2 aliphatic heterocycles. The van der Waals surface area contributed by atoms with Crippen molar-refractivity contribution in [1.82, 2.24) is 19.9 Å². The van der Waals surface area contributed by atoms with Crippen molar-refractivity contribution in [3.63, 3.8) is 0 Å². The fourth-order valence-electron chi connectivity index (χ4n) is 5.89. The van der Waals surface area contributed by atoms with Crippen LogP contribution in [0.3, 0.4) is 0 Å². The van der Waals surface area contributed by atoms with Crippen LogP contribution in [0, 0.1) is 13.8 Å². The van der Waals surface area contributed by atoms with E-state index in [9.17, 15) is 4.21 Å². The molecule has 9 heteroatoms. The van der Waals surface area contributed by atoms with Crippen LogP contribution in [0.2, 0.25) is 0 Å². The molecule has 2 atom stereocenters. The number of nitrogens with zero attached hydrogens (tertiary/aromatic N) is 4. The molecule has 8 nitrogen and oxygen atoms in total. The molecule has 1 saturated heterocycles. The predicted octanol–water partition coefficient (Wildman–Crippen LogP) is 6.52. The Balaban J connectivity index is 1.40. The Bertz CT molecular complexity index is 1590. The third kappa shape index (κ3) is 4.86. The van der Waals surface area contributed by atoms with E-state index in [2.05, 4.69) is 46.2 Å². The molecule has 2 aromatic heterocycles. The van der Waals surface area contributed by atoms with Crippen molar-refractivity contribution in [2.45, 2.75) is 69.8 Å². The van der Waals surface area contributed by atoms with Crippen molar-refractivity contribution in [2.75, 3.05) is 30.4 Å². The summed E-state index contributed by atoms with van der Waals surface area (Å²) in [6, 6.07) is 14.2. The fourth-order valence-corrected chi connectivity index (χ4v) is 6.95. The Hall–Kier alpha value is -3.43. The van der Waals surface area contributed by atoms with Gasteiger partial charge in [0.15, 0.2) is 6.23 Å². The summed E-state index contributed by atoms with van der Waals surface area (Å²) >= 11 is 0. The van der Waals surface area contributed by atoms with E-state index in [1.807, 2.05) is 58.0 Å². The number of hydrogen-bond acceptors (Lipinski definition) is 7. The van der Waals surface area contributed by atoms with E-state index in [1.54, 1.807) is 0 Å². The lowest BCUT2D eigenvalue weighted by Gasteiger charge is -2.30. The Kier molecular flexibility index (Phi) is 7.04. The number of H-pyrrole nitrogens is 1. The molecule has 2 N–H and O–H groups in total. The Morgan fingerprint density at radius 1 is 1.10 bits per heavy atom. The summed E-state index contributed by atoms with van der Waals surface area (Å²) in [7, 11) is 1.05. The van der Waals surface area contributed by atoms with E-state index in [0.717, 1.165) is 51.8 Å². The van der Waals surface area contributed by atoms with Crippen LogP contribution in [0.25, 0.3) is 11.0 Å². The predicted molar refractivity (Wildman–Crippen MR) is 163 cm³/mol. The highest BCUT2D eigenvalue weighted by molar-refractivity contribution is 7.85. The third-order valence-corrected chi connectivity index (χ3v) is 9.68. The topological polar surface area (TPSA) is 86.4 Å². The monoisotopic (exact) mass is 558 g/mol. The van der Waals surface area contributed by atoms with Gasteiger partial charge in [0.05, 0.1) is 32.5 Å². The van der Waals surface area contributed by atoms with Crippen LogP contribution in [0.15, 0.2) is 47.4 Å². The number of likely N-dealkylation sites (tertiary alicyclic amines) is 1. The van der Waals surface area contributed by atoms with Crippen LogP contribution in [0.5, 0.6) is 5.75 Å². The summed E-state index contributed by atoms with van der Waals surface area (Å²) in [4.78, 5) is 18.6. The van der Waals surface area contributed by atoms with Gasteiger partial charge in [-0.3, -0.25) is 9.11 Å². The quantitative estimate of drug-likeness (QED) is 0.279. The summed E-state index contributed by atoms with van der Waals surface area (Å²) in [5.41, 5.74) is 6.16. The molecule has 6 rings (SSSR count). The minimum Gasteiger partial charge on any atom is -0.468 e. The first-order chi connectivity index (χ1) is 19.2. The molecule has 0 saturated carbocycles. The van der Waals surface area contributed by atoms with Crippen LogP contribution in [-0.4, -0.2) is 55.7 Å². The van der Waals surface area contributed by atoms with Gasteiger partial charge in [0.2, 0.25) is 5.95 Å². The van der Waals surface area contributed by atoms with E-state index in [0.29, 0.717) is 17.7 Å². The van der Waals surface area contributed by atoms with Gasteiger partial charge in [-0.15, -0.1) is 0 Å². The average Bonchev–Trinajstić information content (AvgIpc) is 3.46. The molecular formula is C31H38N6O2S. The van der Waals surface area contributed by atoms with Gasteiger partial charge in [-0.05, 0) is 101 Å². The zero-order valence-corrected chi connectivity index (χ0v) is 24.9. The number of para-hydroxylation sites is 1. The average molecular weight is 559 g/mol. The number of piperidine rings is 1. The van der Waals surface area contributed by atoms with E-state index in [-0.39, 0.29) is 11.5 Å². The molecular weight excluding hydrogens is 520 g/mol. The van der Waals surface area contributed by atoms with E-state index in [4.69, 9.17) is 14.7 Å². The SMILES string of the molecule is Cc1cc2c(Nc3ccccc3S(=O)C(C)C)nc(N3c4cc(C)c(C5CCN(C)CC5)cc4OC3C)nc2[nH]1. The second-order valence-electron chi connectivity index (χ2n) is 11.4. The van der Waals surface area contributed by atoms with E-state index >= 15 is 0 Å². The molecule has 2 aliphatic rings. The number of aryl methyl sites for hydroxylation is 2. The Morgan fingerprint density at radius 2 is 1.85 bits per heavy atom. The molecule has 40 heavy (non-hydrogen) atoms. The van der Waals surface area contributed by atoms with Gasteiger partial charge in [0, 0.05) is 10.9 Å². The smallest absolute Gasteiger partial charge is 0.237 e. The van der Waals surface area contributed by atoms with Gasteiger partial charge in [-0.1, -0.05) is 26.0 Å². The summed E-state index contributed by atoms with van der Waals surface area (Å²) in [5, 5.41) is 4.38. The molecule has 1 fully saturated rings. The highest BCUT2D eigenvalue weighted by atomic mass is 32.2. The van der Waals surface area contributed by atoms with Crippen LogP contribution < -0.4 is 15.0 Å². The maximum Gasteiger partial charge on any atom is 0.237 e. The van der Waals surface area contributed by atoms with Gasteiger partial charge in [0.25, 0.3) is 0 Å². The summed E-state index contributed by atoms with van der Waals surface area (Å²) in [6.45, 7) is 12.4. The van der Waals surface area contributed by atoms with Crippen LogP contribution in [0.4, 0.5) is 23.1 Å².